The Balaban J connectivity index is 2.21. The first-order valence-electron chi connectivity index (χ1n) is 7.26. The fourth-order valence-electron chi connectivity index (χ4n) is 2.69. The summed E-state index contributed by atoms with van der Waals surface area (Å²) >= 11 is 0. The maximum atomic E-state index is 12.2. The lowest BCUT2D eigenvalue weighted by Gasteiger charge is -2.29. The lowest BCUT2D eigenvalue weighted by molar-refractivity contribution is -0.135. The summed E-state index contributed by atoms with van der Waals surface area (Å²) in [5, 5.41) is 0. The van der Waals surface area contributed by atoms with Gasteiger partial charge in [-0.05, 0) is 38.5 Å². The van der Waals surface area contributed by atoms with E-state index < -0.39 is 0 Å². The van der Waals surface area contributed by atoms with Crippen LogP contribution in [0.15, 0.2) is 12.7 Å². The molecule has 18 heavy (non-hydrogen) atoms. The van der Waals surface area contributed by atoms with Gasteiger partial charge in [0, 0.05) is 25.6 Å². The Morgan fingerprint density at radius 2 is 2.17 bits per heavy atom. The molecule has 0 aromatic rings. The van der Waals surface area contributed by atoms with Gasteiger partial charge in [0.2, 0.25) is 5.91 Å². The Morgan fingerprint density at radius 1 is 1.39 bits per heavy atom. The van der Waals surface area contributed by atoms with Gasteiger partial charge in [-0.25, -0.2) is 0 Å². The van der Waals surface area contributed by atoms with Crippen molar-refractivity contribution in [1.82, 2.24) is 4.90 Å². The highest BCUT2D eigenvalue weighted by molar-refractivity contribution is 5.78. The van der Waals surface area contributed by atoms with Crippen molar-refractivity contribution in [3.8, 4) is 0 Å². The molecule has 1 amide bonds. The molecule has 1 rings (SSSR count). The number of carbonyl (C=O) groups is 1. The predicted molar refractivity (Wildman–Crippen MR) is 76.2 cm³/mol. The largest absolute Gasteiger partial charge is 0.346 e. The molecule has 1 aliphatic carbocycles. The third kappa shape index (κ3) is 5.21. The average Bonchev–Trinajstić information content (AvgIpc) is 2.37. The SMILES string of the molecule is C=CCCCCCN(C)C(=O)C1CCCC(N)C1. The molecule has 2 N–H and O–H groups in total. The first-order chi connectivity index (χ1) is 8.65. The minimum Gasteiger partial charge on any atom is -0.346 e. The molecule has 1 saturated carbocycles. The van der Waals surface area contributed by atoms with Crippen molar-refractivity contribution in [3.63, 3.8) is 0 Å². The molecule has 3 nitrogen and oxygen atoms in total. The molecule has 0 spiro atoms. The Bertz CT molecular complexity index is 265. The summed E-state index contributed by atoms with van der Waals surface area (Å²) in [5.74, 6) is 0.473. The molecule has 2 atom stereocenters. The molecule has 0 aromatic heterocycles. The van der Waals surface area contributed by atoms with Gasteiger partial charge >= 0.3 is 0 Å². The average molecular weight is 252 g/mol. The van der Waals surface area contributed by atoms with Crippen molar-refractivity contribution >= 4 is 5.91 Å². The molecule has 0 radical (unpaired) electrons. The van der Waals surface area contributed by atoms with Crippen molar-refractivity contribution in [3.05, 3.63) is 12.7 Å². The third-order valence-corrected chi connectivity index (χ3v) is 3.84. The Hall–Kier alpha value is -0.830. The van der Waals surface area contributed by atoms with Crippen LogP contribution in [0.2, 0.25) is 0 Å². The predicted octanol–water partition coefficient (Wildman–Crippen LogP) is 2.71. The molecule has 0 aromatic carbocycles. The third-order valence-electron chi connectivity index (χ3n) is 3.84. The molecular formula is C15H28N2O. The first kappa shape index (κ1) is 15.2. The maximum Gasteiger partial charge on any atom is 0.225 e. The Labute approximate surface area is 111 Å². The minimum absolute atomic E-state index is 0.173. The highest BCUT2D eigenvalue weighted by Gasteiger charge is 2.27. The summed E-state index contributed by atoms with van der Waals surface area (Å²) in [4.78, 5) is 14.1. The number of hydrogen-bond acceptors (Lipinski definition) is 2. The molecule has 1 fully saturated rings. The Kier molecular flexibility index (Phi) is 7.02. The number of nitrogens with zero attached hydrogens (tertiary/aromatic N) is 1. The van der Waals surface area contributed by atoms with Crippen LogP contribution in [0, 0.1) is 5.92 Å². The number of rotatable bonds is 7. The van der Waals surface area contributed by atoms with Crippen LogP contribution < -0.4 is 5.73 Å². The van der Waals surface area contributed by atoms with Crippen LogP contribution in [0.3, 0.4) is 0 Å². The topological polar surface area (TPSA) is 46.3 Å². The fourth-order valence-corrected chi connectivity index (χ4v) is 2.69. The van der Waals surface area contributed by atoms with E-state index in [1.807, 2.05) is 18.0 Å². The van der Waals surface area contributed by atoms with Crippen molar-refractivity contribution in [2.24, 2.45) is 11.7 Å². The zero-order valence-electron chi connectivity index (χ0n) is 11.7. The molecule has 3 heteroatoms. The van der Waals surface area contributed by atoms with Gasteiger partial charge in [0.25, 0.3) is 0 Å². The normalized spacial score (nSPS) is 23.7. The monoisotopic (exact) mass is 252 g/mol. The lowest BCUT2D eigenvalue weighted by atomic mass is 9.85. The molecule has 0 saturated heterocycles. The second-order valence-corrected chi connectivity index (χ2v) is 5.52. The molecule has 104 valence electrons. The molecule has 1 aliphatic rings. The first-order valence-corrected chi connectivity index (χ1v) is 7.26. The number of carbonyl (C=O) groups excluding carboxylic acids is 1. The van der Waals surface area contributed by atoms with Gasteiger partial charge < -0.3 is 10.6 Å². The summed E-state index contributed by atoms with van der Waals surface area (Å²) in [6.07, 6.45) is 10.6. The standard InChI is InChI=1S/C15H28N2O/c1-3-4-5-6-7-11-17(2)15(18)13-9-8-10-14(16)12-13/h3,13-14H,1,4-12,16H2,2H3. The van der Waals surface area contributed by atoms with Gasteiger partial charge in [0.15, 0.2) is 0 Å². The van der Waals surface area contributed by atoms with Gasteiger partial charge in [-0.1, -0.05) is 18.9 Å². The van der Waals surface area contributed by atoms with Crippen LogP contribution in [-0.4, -0.2) is 30.4 Å². The molecule has 0 bridgehead atoms. The van der Waals surface area contributed by atoms with Crippen molar-refractivity contribution in [2.75, 3.05) is 13.6 Å². The van der Waals surface area contributed by atoms with Crippen LogP contribution in [-0.2, 0) is 4.79 Å². The summed E-state index contributed by atoms with van der Waals surface area (Å²) < 4.78 is 0. The molecular weight excluding hydrogens is 224 g/mol. The second-order valence-electron chi connectivity index (χ2n) is 5.52. The van der Waals surface area contributed by atoms with Crippen LogP contribution in [0.1, 0.15) is 51.4 Å². The van der Waals surface area contributed by atoms with E-state index in [1.165, 1.54) is 12.8 Å². The number of allylic oxidation sites excluding steroid dienone is 1. The quantitative estimate of drug-likeness (QED) is 0.559. The van der Waals surface area contributed by atoms with Crippen molar-refractivity contribution in [1.29, 1.82) is 0 Å². The lowest BCUT2D eigenvalue weighted by Crippen LogP contribution is -2.39. The number of unbranched alkanes of at least 4 members (excludes halogenated alkanes) is 3. The minimum atomic E-state index is 0.173. The van der Waals surface area contributed by atoms with E-state index in [0.29, 0.717) is 5.91 Å². The zero-order chi connectivity index (χ0) is 13.4. The van der Waals surface area contributed by atoms with Gasteiger partial charge in [-0.2, -0.15) is 0 Å². The summed E-state index contributed by atoms with van der Waals surface area (Å²) in [6, 6.07) is 0.230. The van der Waals surface area contributed by atoms with E-state index in [4.69, 9.17) is 5.73 Å². The van der Waals surface area contributed by atoms with Crippen LogP contribution in [0.4, 0.5) is 0 Å². The van der Waals surface area contributed by atoms with E-state index >= 15 is 0 Å². The number of nitrogens with two attached hydrogens (primary N) is 1. The van der Waals surface area contributed by atoms with Crippen LogP contribution >= 0.6 is 0 Å². The highest BCUT2D eigenvalue weighted by Crippen LogP contribution is 2.24. The summed E-state index contributed by atoms with van der Waals surface area (Å²) in [7, 11) is 1.93. The van der Waals surface area contributed by atoms with E-state index in [1.54, 1.807) is 0 Å². The van der Waals surface area contributed by atoms with Crippen molar-refractivity contribution in [2.45, 2.75) is 57.4 Å². The second kappa shape index (κ2) is 8.30. The molecule has 0 heterocycles. The maximum absolute atomic E-state index is 12.2. The van der Waals surface area contributed by atoms with Crippen LogP contribution in [0.5, 0.6) is 0 Å². The van der Waals surface area contributed by atoms with Crippen molar-refractivity contribution < 1.29 is 4.79 Å². The van der Waals surface area contributed by atoms with Gasteiger partial charge in [-0.3, -0.25) is 4.79 Å². The molecule has 0 aliphatic heterocycles. The Morgan fingerprint density at radius 3 is 2.83 bits per heavy atom. The van der Waals surface area contributed by atoms with Crippen LogP contribution in [0.25, 0.3) is 0 Å². The van der Waals surface area contributed by atoms with Gasteiger partial charge in [-0.15, -0.1) is 6.58 Å². The van der Waals surface area contributed by atoms with E-state index in [0.717, 1.165) is 45.1 Å². The summed E-state index contributed by atoms with van der Waals surface area (Å²) in [6.45, 7) is 4.59. The zero-order valence-corrected chi connectivity index (χ0v) is 11.7. The van der Waals surface area contributed by atoms with E-state index in [2.05, 4.69) is 6.58 Å². The fraction of sp³-hybridized carbons (Fsp3) is 0.800. The number of amides is 1. The van der Waals surface area contributed by atoms with E-state index in [9.17, 15) is 4.79 Å². The summed E-state index contributed by atoms with van der Waals surface area (Å²) in [5.41, 5.74) is 5.94. The van der Waals surface area contributed by atoms with Gasteiger partial charge in [0.1, 0.15) is 0 Å². The van der Waals surface area contributed by atoms with Gasteiger partial charge in [0.05, 0.1) is 0 Å². The van der Waals surface area contributed by atoms with E-state index in [-0.39, 0.29) is 12.0 Å². The highest BCUT2D eigenvalue weighted by atomic mass is 16.2. The number of hydrogen-bond donors (Lipinski definition) is 1. The molecule has 2 unspecified atom stereocenters. The smallest absolute Gasteiger partial charge is 0.225 e.